The molecule has 0 spiro atoms. The molecule has 0 bridgehead atoms. The second-order valence-electron chi connectivity index (χ2n) is 13.8. The number of amides is 5. The highest BCUT2D eigenvalue weighted by Gasteiger charge is 2.47. The van der Waals surface area contributed by atoms with Gasteiger partial charge in [-0.25, -0.2) is 0 Å². The average molecular weight is 778 g/mol. The molecule has 4 atom stereocenters. The minimum absolute atomic E-state index is 0.111. The molecule has 0 aliphatic carbocycles. The van der Waals surface area contributed by atoms with Gasteiger partial charge in [-0.2, -0.15) is 8.78 Å². The number of carbonyl (C=O) groups excluding carboxylic acids is 5. The fraction of sp³-hybridized carbons (Fsp3) is 0.342. The number of rotatable bonds is 7. The minimum atomic E-state index is -3.87. The highest BCUT2D eigenvalue weighted by Crippen LogP contribution is 2.53. The van der Waals surface area contributed by atoms with E-state index in [1.165, 1.54) is 24.0 Å². The Morgan fingerprint density at radius 1 is 0.926 bits per heavy atom. The molecule has 4 aromatic rings. The average Bonchev–Trinajstić information content (AvgIpc) is 3.78. The zero-order valence-corrected chi connectivity index (χ0v) is 30.9. The number of anilines is 1. The van der Waals surface area contributed by atoms with E-state index in [0.717, 1.165) is 34.6 Å². The number of nitrogens with one attached hydrogen (secondary N) is 1. The third-order valence-electron chi connectivity index (χ3n) is 10.6. The van der Waals surface area contributed by atoms with Crippen LogP contribution in [-0.2, 0) is 24.8 Å². The van der Waals surface area contributed by atoms with Gasteiger partial charge in [0.1, 0.15) is 12.1 Å². The lowest BCUT2D eigenvalue weighted by Crippen LogP contribution is -2.61. The SMILES string of the molecule is CC(=O)N1CC[C@H]2CC[C@@H](C(=O)N3CCC(C(N)=O)c4cc(-c5ccccc5)ccc43)N2C(=O)[C@@H](NC(=O)c2cc3cc(C(F)(F)P(O)O)ccc3s2)C1. The molecule has 282 valence electrons. The van der Waals surface area contributed by atoms with E-state index in [1.54, 1.807) is 9.80 Å². The van der Waals surface area contributed by atoms with E-state index in [1.807, 2.05) is 48.5 Å². The molecule has 1 aromatic heterocycles. The summed E-state index contributed by atoms with van der Waals surface area (Å²) in [5.74, 6) is -2.90. The van der Waals surface area contributed by atoms with Crippen LogP contribution in [0.25, 0.3) is 21.2 Å². The molecule has 16 heteroatoms. The quantitative estimate of drug-likeness (QED) is 0.198. The first-order chi connectivity index (χ1) is 25.7. The summed E-state index contributed by atoms with van der Waals surface area (Å²) >= 11 is 1.00. The van der Waals surface area contributed by atoms with E-state index in [-0.39, 0.29) is 41.2 Å². The Hall–Kier alpha value is -4.82. The summed E-state index contributed by atoms with van der Waals surface area (Å²) in [6, 6.07) is 17.6. The van der Waals surface area contributed by atoms with Gasteiger partial charge in [-0.05, 0) is 78.1 Å². The van der Waals surface area contributed by atoms with Crippen LogP contribution in [0.15, 0.2) is 72.8 Å². The first-order valence-corrected chi connectivity index (χ1v) is 19.6. The van der Waals surface area contributed by atoms with Crippen molar-refractivity contribution in [1.82, 2.24) is 15.1 Å². The lowest BCUT2D eigenvalue weighted by Gasteiger charge is -2.40. The number of fused-ring (bicyclic) bond motifs is 3. The van der Waals surface area contributed by atoms with Crippen LogP contribution in [0.4, 0.5) is 14.5 Å². The van der Waals surface area contributed by atoms with E-state index < -0.39 is 55.3 Å². The summed E-state index contributed by atoms with van der Waals surface area (Å²) < 4.78 is 29.2. The van der Waals surface area contributed by atoms with Crippen molar-refractivity contribution in [2.24, 2.45) is 5.73 Å². The second-order valence-corrected chi connectivity index (χ2v) is 16.1. The highest BCUT2D eigenvalue weighted by atomic mass is 32.1. The lowest BCUT2D eigenvalue weighted by molar-refractivity contribution is -0.144. The zero-order valence-electron chi connectivity index (χ0n) is 29.2. The molecular weight excluding hydrogens is 739 g/mol. The number of thiophene rings is 1. The monoisotopic (exact) mass is 777 g/mol. The van der Waals surface area contributed by atoms with Gasteiger partial charge in [0.2, 0.25) is 32.0 Å². The third-order valence-corrected chi connectivity index (χ3v) is 12.5. The van der Waals surface area contributed by atoms with Crippen molar-refractivity contribution < 1.29 is 42.5 Å². The summed E-state index contributed by atoms with van der Waals surface area (Å²) in [4.78, 5) is 91.2. The Morgan fingerprint density at radius 2 is 1.69 bits per heavy atom. The molecule has 3 aliphatic rings. The number of halogens is 2. The maximum Gasteiger partial charge on any atom is 0.339 e. The van der Waals surface area contributed by atoms with Crippen LogP contribution in [0.5, 0.6) is 0 Å². The Labute approximate surface area is 314 Å². The van der Waals surface area contributed by atoms with Gasteiger partial charge in [-0.15, -0.1) is 11.3 Å². The molecule has 5 amide bonds. The number of primary amides is 1. The smallest absolute Gasteiger partial charge is 0.339 e. The molecule has 12 nitrogen and oxygen atoms in total. The Balaban J connectivity index is 1.17. The van der Waals surface area contributed by atoms with Crippen molar-refractivity contribution in [3.8, 4) is 11.1 Å². The zero-order chi connectivity index (χ0) is 38.5. The number of alkyl halides is 2. The van der Waals surface area contributed by atoms with Crippen LogP contribution in [-0.4, -0.2) is 86.9 Å². The number of benzene rings is 3. The molecule has 3 aliphatic heterocycles. The van der Waals surface area contributed by atoms with Gasteiger partial charge in [0.15, 0.2) is 0 Å². The maximum absolute atomic E-state index is 14.5. The molecule has 4 heterocycles. The van der Waals surface area contributed by atoms with E-state index >= 15 is 0 Å². The normalized spacial score (nSPS) is 21.7. The van der Waals surface area contributed by atoms with Gasteiger partial charge in [0.25, 0.3) is 5.91 Å². The Bertz CT molecular complexity index is 2150. The molecule has 54 heavy (non-hydrogen) atoms. The van der Waals surface area contributed by atoms with Crippen molar-refractivity contribution in [3.05, 3.63) is 88.8 Å². The van der Waals surface area contributed by atoms with Crippen molar-refractivity contribution >= 4 is 65.0 Å². The number of hydrogen-bond donors (Lipinski definition) is 4. The molecule has 2 fully saturated rings. The summed E-state index contributed by atoms with van der Waals surface area (Å²) in [5.41, 5.74) is 4.33. The number of nitrogens with two attached hydrogens (primary N) is 1. The van der Waals surface area contributed by atoms with Gasteiger partial charge >= 0.3 is 5.66 Å². The Kier molecular flexibility index (Phi) is 10.3. The van der Waals surface area contributed by atoms with Gasteiger partial charge in [-0.1, -0.05) is 42.5 Å². The van der Waals surface area contributed by atoms with Crippen LogP contribution in [0.3, 0.4) is 0 Å². The van der Waals surface area contributed by atoms with Crippen LogP contribution in [0, 0.1) is 0 Å². The third kappa shape index (κ3) is 6.97. The van der Waals surface area contributed by atoms with Crippen LogP contribution in [0.2, 0.25) is 0 Å². The van der Waals surface area contributed by atoms with E-state index in [9.17, 15) is 42.5 Å². The molecule has 1 unspecified atom stereocenters. The predicted octanol–water partition coefficient (Wildman–Crippen LogP) is 4.63. The van der Waals surface area contributed by atoms with Crippen molar-refractivity contribution in [1.29, 1.82) is 0 Å². The summed E-state index contributed by atoms with van der Waals surface area (Å²) in [5, 5.41) is 3.03. The summed E-state index contributed by atoms with van der Waals surface area (Å²) in [6.45, 7) is 1.74. The van der Waals surface area contributed by atoms with Crippen molar-refractivity contribution in [2.75, 3.05) is 24.5 Å². The van der Waals surface area contributed by atoms with E-state index in [2.05, 4.69) is 5.32 Å². The van der Waals surface area contributed by atoms with Crippen LogP contribution >= 0.6 is 19.7 Å². The first kappa shape index (κ1) is 37.5. The van der Waals surface area contributed by atoms with Crippen LogP contribution in [0.1, 0.15) is 59.3 Å². The standard InChI is InChI=1S/C38H38F2N5O7PS/c1-21(46)43-15-13-26-9-11-31(37(50)44-16-14-27(34(41)47)28-18-23(7-10-30(28)44)22-5-3-2-4-6-22)45(26)36(49)29(20-43)42-35(48)33-19-24-17-25(8-12-32(24)54-33)38(39,40)53(51)52/h2-8,10,12,17-19,26-27,29,31,51-52H,9,11,13-16,20H2,1H3,(H2,41,47)(H,42,48)/t26-,27?,29+,31+/m1/s1. The number of hydrogen-bond acceptors (Lipinski definition) is 8. The number of nitrogens with zero attached hydrogens (tertiary/aromatic N) is 3. The van der Waals surface area contributed by atoms with Crippen LogP contribution < -0.4 is 16.0 Å². The maximum atomic E-state index is 14.5. The van der Waals surface area contributed by atoms with Gasteiger partial charge < -0.3 is 35.5 Å². The predicted molar refractivity (Wildman–Crippen MR) is 200 cm³/mol. The number of carbonyl (C=O) groups is 5. The minimum Gasteiger partial charge on any atom is -0.369 e. The summed E-state index contributed by atoms with van der Waals surface area (Å²) in [7, 11) is -3.59. The summed E-state index contributed by atoms with van der Waals surface area (Å²) in [6.07, 6.45) is 1.59. The fourth-order valence-corrected chi connectivity index (χ4v) is 9.14. The molecule has 0 radical (unpaired) electrons. The van der Waals surface area contributed by atoms with E-state index in [0.29, 0.717) is 48.2 Å². The van der Waals surface area contributed by atoms with Gasteiger partial charge in [0, 0.05) is 48.6 Å². The first-order valence-electron chi connectivity index (χ1n) is 17.5. The van der Waals surface area contributed by atoms with Gasteiger partial charge in [0.05, 0.1) is 10.8 Å². The lowest BCUT2D eigenvalue weighted by atomic mass is 9.86. The van der Waals surface area contributed by atoms with E-state index in [4.69, 9.17) is 5.73 Å². The molecule has 0 saturated carbocycles. The fourth-order valence-electron chi connectivity index (χ4n) is 7.83. The van der Waals surface area contributed by atoms with Gasteiger partial charge in [-0.3, -0.25) is 24.0 Å². The largest absolute Gasteiger partial charge is 0.369 e. The molecule has 7 rings (SSSR count). The Morgan fingerprint density at radius 3 is 2.39 bits per heavy atom. The second kappa shape index (κ2) is 14.8. The molecule has 2 saturated heterocycles. The molecule has 3 aromatic carbocycles. The highest BCUT2D eigenvalue weighted by molar-refractivity contribution is 7.46. The van der Waals surface area contributed by atoms with Crippen molar-refractivity contribution in [3.63, 3.8) is 0 Å². The molecule has 5 N–H and O–H groups in total. The topological polar surface area (TPSA) is 174 Å². The molecular formula is C38H38F2N5O7PS. The van der Waals surface area contributed by atoms with Crippen molar-refractivity contribution in [2.45, 2.75) is 62.3 Å².